The first-order chi connectivity index (χ1) is 6.71. The predicted molar refractivity (Wildman–Crippen MR) is 52.7 cm³/mol. The minimum absolute atomic E-state index is 0.273. The second kappa shape index (κ2) is 3.67. The second-order valence-electron chi connectivity index (χ2n) is 3.34. The average molecular weight is 212 g/mol. The first kappa shape index (κ1) is 9.61. The molecule has 1 N–H and O–H groups in total. The van der Waals surface area contributed by atoms with Gasteiger partial charge in [-0.05, 0) is 25.1 Å². The molecule has 0 amide bonds. The highest BCUT2D eigenvalue weighted by molar-refractivity contribution is 7.92. The first-order valence-electron chi connectivity index (χ1n) is 4.56. The molecule has 1 aromatic heterocycles. The van der Waals surface area contributed by atoms with Crippen molar-refractivity contribution in [2.24, 2.45) is 0 Å². The lowest BCUT2D eigenvalue weighted by Crippen LogP contribution is -2.23. The molecule has 1 aromatic rings. The van der Waals surface area contributed by atoms with E-state index in [9.17, 15) is 8.42 Å². The van der Waals surface area contributed by atoms with Crippen LogP contribution in [0.1, 0.15) is 6.42 Å². The third-order valence-electron chi connectivity index (χ3n) is 2.43. The van der Waals surface area contributed by atoms with Crippen molar-refractivity contribution in [2.45, 2.75) is 16.6 Å². The summed E-state index contributed by atoms with van der Waals surface area (Å²) >= 11 is 0. The van der Waals surface area contributed by atoms with Crippen molar-refractivity contribution in [1.82, 2.24) is 10.3 Å². The summed E-state index contributed by atoms with van der Waals surface area (Å²) in [5, 5.41) is 2.78. The Hall–Kier alpha value is -0.940. The van der Waals surface area contributed by atoms with E-state index in [1.165, 1.54) is 12.4 Å². The van der Waals surface area contributed by atoms with Gasteiger partial charge in [-0.15, -0.1) is 0 Å². The molecule has 1 aliphatic rings. The largest absolute Gasteiger partial charge is 0.315 e. The van der Waals surface area contributed by atoms with E-state index in [4.69, 9.17) is 0 Å². The maximum atomic E-state index is 12.0. The predicted octanol–water partition coefficient (Wildman–Crippen LogP) is 0.217. The van der Waals surface area contributed by atoms with Gasteiger partial charge in [0.25, 0.3) is 0 Å². The maximum absolute atomic E-state index is 12.0. The number of hydrogen-bond acceptors (Lipinski definition) is 4. The van der Waals surface area contributed by atoms with Crippen LogP contribution in [0.15, 0.2) is 29.4 Å². The zero-order valence-corrected chi connectivity index (χ0v) is 8.50. The van der Waals surface area contributed by atoms with Crippen molar-refractivity contribution in [2.75, 3.05) is 13.1 Å². The summed E-state index contributed by atoms with van der Waals surface area (Å²) in [7, 11) is -3.14. The van der Waals surface area contributed by atoms with E-state index in [-0.39, 0.29) is 5.25 Å². The standard InChI is InChI=1S/C9H12N2O2S/c12-14(13,9-3-6-11-7-9)8-1-4-10-5-2-8/h1-2,4-5,9,11H,3,6-7H2. The van der Waals surface area contributed by atoms with Gasteiger partial charge >= 0.3 is 0 Å². The lowest BCUT2D eigenvalue weighted by Gasteiger charge is -2.09. The van der Waals surface area contributed by atoms with Crippen molar-refractivity contribution in [1.29, 1.82) is 0 Å². The molecular weight excluding hydrogens is 200 g/mol. The highest BCUT2D eigenvalue weighted by Crippen LogP contribution is 2.19. The Balaban J connectivity index is 2.33. The molecule has 14 heavy (non-hydrogen) atoms. The van der Waals surface area contributed by atoms with Crippen LogP contribution >= 0.6 is 0 Å². The van der Waals surface area contributed by atoms with Gasteiger partial charge in [0.15, 0.2) is 9.84 Å². The van der Waals surface area contributed by atoms with Gasteiger partial charge in [-0.3, -0.25) is 4.98 Å². The molecule has 1 atom stereocenters. The van der Waals surface area contributed by atoms with Crippen molar-refractivity contribution in [3.05, 3.63) is 24.5 Å². The van der Waals surface area contributed by atoms with E-state index in [1.54, 1.807) is 12.1 Å². The van der Waals surface area contributed by atoms with Crippen LogP contribution in [-0.2, 0) is 9.84 Å². The summed E-state index contributed by atoms with van der Waals surface area (Å²) in [6.07, 6.45) is 3.72. The lowest BCUT2D eigenvalue weighted by molar-refractivity contribution is 0.583. The molecule has 1 fully saturated rings. The van der Waals surface area contributed by atoms with Gasteiger partial charge in [-0.1, -0.05) is 0 Å². The van der Waals surface area contributed by atoms with Crippen LogP contribution in [0.2, 0.25) is 0 Å². The molecule has 1 saturated heterocycles. The average Bonchev–Trinajstić information content (AvgIpc) is 2.72. The monoisotopic (exact) mass is 212 g/mol. The fourth-order valence-electron chi connectivity index (χ4n) is 1.61. The molecule has 2 rings (SSSR count). The van der Waals surface area contributed by atoms with Crippen LogP contribution in [0.5, 0.6) is 0 Å². The molecule has 0 saturated carbocycles. The third kappa shape index (κ3) is 1.65. The smallest absolute Gasteiger partial charge is 0.182 e. The molecule has 0 aromatic carbocycles. The number of nitrogens with zero attached hydrogens (tertiary/aromatic N) is 1. The minimum atomic E-state index is -3.14. The summed E-state index contributed by atoms with van der Waals surface area (Å²) in [6, 6.07) is 3.10. The summed E-state index contributed by atoms with van der Waals surface area (Å²) in [4.78, 5) is 4.18. The zero-order chi connectivity index (χ0) is 10.0. The topological polar surface area (TPSA) is 59.1 Å². The van der Waals surface area contributed by atoms with Gasteiger partial charge in [0, 0.05) is 18.9 Å². The molecule has 2 heterocycles. The van der Waals surface area contributed by atoms with E-state index in [1.807, 2.05) is 0 Å². The van der Waals surface area contributed by atoms with Crippen molar-refractivity contribution < 1.29 is 8.42 Å². The Morgan fingerprint density at radius 2 is 2.07 bits per heavy atom. The number of pyridine rings is 1. The number of sulfone groups is 1. The summed E-state index contributed by atoms with van der Waals surface area (Å²) in [5.74, 6) is 0. The summed E-state index contributed by atoms with van der Waals surface area (Å²) in [5.41, 5.74) is 0. The van der Waals surface area contributed by atoms with Gasteiger partial charge in [0.1, 0.15) is 0 Å². The van der Waals surface area contributed by atoms with Crippen molar-refractivity contribution in [3.63, 3.8) is 0 Å². The summed E-state index contributed by atoms with van der Waals surface area (Å²) < 4.78 is 23.9. The zero-order valence-electron chi connectivity index (χ0n) is 7.68. The molecule has 0 bridgehead atoms. The Morgan fingerprint density at radius 1 is 1.36 bits per heavy atom. The Morgan fingerprint density at radius 3 is 2.64 bits per heavy atom. The van der Waals surface area contributed by atoms with Crippen LogP contribution in [0.25, 0.3) is 0 Å². The Kier molecular flexibility index (Phi) is 2.52. The highest BCUT2D eigenvalue weighted by Gasteiger charge is 2.29. The number of aromatic nitrogens is 1. The van der Waals surface area contributed by atoms with Crippen molar-refractivity contribution >= 4 is 9.84 Å². The SMILES string of the molecule is O=S(=O)(c1ccncc1)C1CCNC1. The van der Waals surface area contributed by atoms with Gasteiger partial charge in [-0.25, -0.2) is 8.42 Å². The number of rotatable bonds is 2. The van der Waals surface area contributed by atoms with E-state index in [2.05, 4.69) is 10.3 Å². The molecule has 4 nitrogen and oxygen atoms in total. The first-order valence-corrected chi connectivity index (χ1v) is 6.10. The molecule has 0 spiro atoms. The van der Waals surface area contributed by atoms with Gasteiger partial charge in [0.2, 0.25) is 0 Å². The van der Waals surface area contributed by atoms with Crippen molar-refractivity contribution in [3.8, 4) is 0 Å². The van der Waals surface area contributed by atoms with Crippen LogP contribution in [-0.4, -0.2) is 31.7 Å². The lowest BCUT2D eigenvalue weighted by atomic mass is 10.4. The molecule has 1 aliphatic heterocycles. The quantitative estimate of drug-likeness (QED) is 0.761. The van der Waals surface area contributed by atoms with Crippen LogP contribution in [0.4, 0.5) is 0 Å². The fourth-order valence-corrected chi connectivity index (χ4v) is 3.26. The Labute approximate surface area is 83.3 Å². The van der Waals surface area contributed by atoms with E-state index in [0.29, 0.717) is 17.9 Å². The Bertz CT molecular complexity index is 396. The molecule has 1 unspecified atom stereocenters. The molecule has 0 aliphatic carbocycles. The normalized spacial score (nSPS) is 22.4. The van der Waals surface area contributed by atoms with Crippen LogP contribution in [0, 0.1) is 0 Å². The second-order valence-corrected chi connectivity index (χ2v) is 5.57. The maximum Gasteiger partial charge on any atom is 0.182 e. The van der Waals surface area contributed by atoms with E-state index < -0.39 is 9.84 Å². The fraction of sp³-hybridized carbons (Fsp3) is 0.444. The van der Waals surface area contributed by atoms with Gasteiger partial charge in [0.05, 0.1) is 10.1 Å². The third-order valence-corrected chi connectivity index (χ3v) is 4.64. The molecule has 76 valence electrons. The minimum Gasteiger partial charge on any atom is -0.315 e. The van der Waals surface area contributed by atoms with Gasteiger partial charge < -0.3 is 5.32 Å². The highest BCUT2D eigenvalue weighted by atomic mass is 32.2. The van der Waals surface area contributed by atoms with Crippen LogP contribution < -0.4 is 5.32 Å². The molecule has 5 heteroatoms. The van der Waals surface area contributed by atoms with E-state index >= 15 is 0 Å². The molecule has 0 radical (unpaired) electrons. The van der Waals surface area contributed by atoms with Gasteiger partial charge in [-0.2, -0.15) is 0 Å². The number of nitrogens with one attached hydrogen (secondary N) is 1. The number of hydrogen-bond donors (Lipinski definition) is 1. The van der Waals surface area contributed by atoms with E-state index in [0.717, 1.165) is 6.54 Å². The van der Waals surface area contributed by atoms with Crippen LogP contribution in [0.3, 0.4) is 0 Å². The molecular formula is C9H12N2O2S. The summed E-state index contributed by atoms with van der Waals surface area (Å²) in [6.45, 7) is 1.35.